The third kappa shape index (κ3) is 5.39. The van der Waals surface area contributed by atoms with Gasteiger partial charge in [-0.25, -0.2) is 4.79 Å². The molecule has 0 aromatic carbocycles. The highest BCUT2D eigenvalue weighted by molar-refractivity contribution is 5.56. The van der Waals surface area contributed by atoms with Gasteiger partial charge in [0.05, 0.1) is 25.2 Å². The summed E-state index contributed by atoms with van der Waals surface area (Å²) in [7, 11) is 0. The highest BCUT2D eigenvalue weighted by Crippen LogP contribution is 2.22. The van der Waals surface area contributed by atoms with E-state index in [1.807, 2.05) is 6.92 Å². The lowest BCUT2D eigenvalue weighted by molar-refractivity contribution is -0.0368. The topological polar surface area (TPSA) is 76.0 Å². The van der Waals surface area contributed by atoms with E-state index in [9.17, 15) is 9.90 Å². The van der Waals surface area contributed by atoms with E-state index in [0.717, 1.165) is 0 Å². The van der Waals surface area contributed by atoms with Crippen molar-refractivity contribution < 1.29 is 24.5 Å². The second-order valence-electron chi connectivity index (χ2n) is 3.37. The van der Waals surface area contributed by atoms with Gasteiger partial charge in [0.1, 0.15) is 6.61 Å². The molecule has 15 heavy (non-hydrogen) atoms. The minimum Gasteiger partial charge on any atom is -0.450 e. The smallest absolute Gasteiger partial charge is 0.450 e. The van der Waals surface area contributed by atoms with Crippen LogP contribution in [0.25, 0.3) is 0 Å². The number of carboxylic acid groups (broad SMARTS) is 1. The van der Waals surface area contributed by atoms with E-state index >= 15 is 0 Å². The average Bonchev–Trinajstić information content (AvgIpc) is 2.23. The Bertz CT molecular complexity index is 198. The predicted octanol–water partition coefficient (Wildman–Crippen LogP) is 1.27. The quantitative estimate of drug-likeness (QED) is 0.364. The monoisotopic (exact) mass is 218 g/mol. The molecule has 0 aromatic heterocycles. The Labute approximate surface area is 89.3 Å². The van der Waals surface area contributed by atoms with Crippen molar-refractivity contribution in [2.24, 2.45) is 5.41 Å². The highest BCUT2D eigenvalue weighted by Gasteiger charge is 2.29. The molecule has 5 heteroatoms. The van der Waals surface area contributed by atoms with Gasteiger partial charge in [-0.15, -0.1) is 6.58 Å². The fourth-order valence-electron chi connectivity index (χ4n) is 1.02. The van der Waals surface area contributed by atoms with Gasteiger partial charge in [-0.2, -0.15) is 0 Å². The number of hydrogen-bond donors (Lipinski definition) is 2. The van der Waals surface area contributed by atoms with Gasteiger partial charge in [0.2, 0.25) is 0 Å². The minimum atomic E-state index is -1.34. The molecule has 0 saturated carbocycles. The van der Waals surface area contributed by atoms with Crippen molar-refractivity contribution in [3.05, 3.63) is 12.7 Å². The Morgan fingerprint density at radius 2 is 2.20 bits per heavy atom. The second-order valence-corrected chi connectivity index (χ2v) is 3.37. The van der Waals surface area contributed by atoms with Gasteiger partial charge in [-0.05, 0) is 6.42 Å². The second kappa shape index (κ2) is 7.25. The summed E-state index contributed by atoms with van der Waals surface area (Å²) in [4.78, 5) is 10.2. The molecule has 0 aliphatic rings. The van der Waals surface area contributed by atoms with Crippen LogP contribution < -0.4 is 0 Å². The molecule has 0 radical (unpaired) electrons. The summed E-state index contributed by atoms with van der Waals surface area (Å²) in [5.74, 6) is 0. The van der Waals surface area contributed by atoms with Crippen LogP contribution in [0.5, 0.6) is 0 Å². The SMILES string of the molecule is C=CCOCC(CC)(CO)COC(=O)O. The summed E-state index contributed by atoms with van der Waals surface area (Å²) < 4.78 is 9.68. The Morgan fingerprint density at radius 1 is 1.53 bits per heavy atom. The largest absolute Gasteiger partial charge is 0.505 e. The van der Waals surface area contributed by atoms with Crippen LogP contribution in [0.15, 0.2) is 12.7 Å². The molecule has 1 atom stereocenters. The van der Waals surface area contributed by atoms with Crippen LogP contribution in [-0.2, 0) is 9.47 Å². The van der Waals surface area contributed by atoms with Crippen LogP contribution in [0.4, 0.5) is 4.79 Å². The first-order valence-electron chi connectivity index (χ1n) is 4.75. The third-order valence-electron chi connectivity index (χ3n) is 2.23. The summed E-state index contributed by atoms with van der Waals surface area (Å²) in [5.41, 5.74) is -0.651. The Morgan fingerprint density at radius 3 is 2.60 bits per heavy atom. The zero-order valence-electron chi connectivity index (χ0n) is 8.94. The first kappa shape index (κ1) is 13.9. The van der Waals surface area contributed by atoms with Gasteiger partial charge >= 0.3 is 6.16 Å². The number of carbonyl (C=O) groups is 1. The standard InChI is InChI=1S/C10H18O5/c1-3-5-14-7-10(4-2,6-11)8-15-9(12)13/h3,11H,1,4-8H2,2H3,(H,12,13). The van der Waals surface area contributed by atoms with Crippen molar-refractivity contribution in [2.75, 3.05) is 26.4 Å². The van der Waals surface area contributed by atoms with Crippen LogP contribution in [0.2, 0.25) is 0 Å². The number of rotatable bonds is 8. The number of hydrogen-bond acceptors (Lipinski definition) is 4. The Hall–Kier alpha value is -1.07. The molecule has 1 unspecified atom stereocenters. The van der Waals surface area contributed by atoms with Gasteiger partial charge in [0.15, 0.2) is 0 Å². The molecule has 0 aromatic rings. The van der Waals surface area contributed by atoms with E-state index in [2.05, 4.69) is 11.3 Å². The lowest BCUT2D eigenvalue weighted by Gasteiger charge is -2.28. The molecule has 0 rings (SSSR count). The van der Waals surface area contributed by atoms with Gasteiger partial charge in [0.25, 0.3) is 0 Å². The van der Waals surface area contributed by atoms with Gasteiger partial charge in [-0.1, -0.05) is 13.0 Å². The van der Waals surface area contributed by atoms with Gasteiger partial charge in [0, 0.05) is 0 Å². The number of aliphatic hydroxyl groups is 1. The lowest BCUT2D eigenvalue weighted by atomic mass is 9.88. The van der Waals surface area contributed by atoms with Crippen molar-refractivity contribution in [3.63, 3.8) is 0 Å². The van der Waals surface area contributed by atoms with Gasteiger partial charge < -0.3 is 19.7 Å². The van der Waals surface area contributed by atoms with Crippen molar-refractivity contribution in [3.8, 4) is 0 Å². The van der Waals surface area contributed by atoms with Crippen LogP contribution in [0.1, 0.15) is 13.3 Å². The van der Waals surface area contributed by atoms with Crippen LogP contribution in [0.3, 0.4) is 0 Å². The maximum Gasteiger partial charge on any atom is 0.505 e. The molecule has 0 bridgehead atoms. The first-order valence-corrected chi connectivity index (χ1v) is 4.75. The van der Waals surface area contributed by atoms with E-state index in [1.165, 1.54) is 0 Å². The summed E-state index contributed by atoms with van der Waals surface area (Å²) in [6.45, 7) is 5.72. The fourth-order valence-corrected chi connectivity index (χ4v) is 1.02. The molecular formula is C10H18O5. The number of aliphatic hydroxyl groups excluding tert-OH is 1. The summed E-state index contributed by atoms with van der Waals surface area (Å²) in [6.07, 6.45) is 0.828. The average molecular weight is 218 g/mol. The molecule has 0 saturated heterocycles. The minimum absolute atomic E-state index is 0.0630. The molecule has 5 nitrogen and oxygen atoms in total. The van der Waals surface area contributed by atoms with Crippen molar-refractivity contribution >= 4 is 6.16 Å². The molecule has 0 fully saturated rings. The van der Waals surface area contributed by atoms with Crippen molar-refractivity contribution in [2.45, 2.75) is 13.3 Å². The molecule has 0 spiro atoms. The van der Waals surface area contributed by atoms with Crippen LogP contribution in [-0.4, -0.2) is 42.8 Å². The zero-order valence-corrected chi connectivity index (χ0v) is 8.94. The predicted molar refractivity (Wildman–Crippen MR) is 54.8 cm³/mol. The van der Waals surface area contributed by atoms with Crippen LogP contribution >= 0.6 is 0 Å². The van der Waals surface area contributed by atoms with E-state index in [1.54, 1.807) is 6.08 Å². The first-order chi connectivity index (χ1) is 7.10. The summed E-state index contributed by atoms with van der Waals surface area (Å²) >= 11 is 0. The Kier molecular flexibility index (Phi) is 6.73. The fraction of sp³-hybridized carbons (Fsp3) is 0.700. The maximum absolute atomic E-state index is 10.2. The van der Waals surface area contributed by atoms with E-state index in [0.29, 0.717) is 13.0 Å². The van der Waals surface area contributed by atoms with E-state index in [-0.39, 0.29) is 19.8 Å². The maximum atomic E-state index is 10.2. The molecule has 0 aliphatic carbocycles. The normalized spacial score (nSPS) is 14.3. The van der Waals surface area contributed by atoms with Crippen LogP contribution in [0, 0.1) is 5.41 Å². The molecule has 0 aliphatic heterocycles. The van der Waals surface area contributed by atoms with E-state index in [4.69, 9.17) is 9.84 Å². The molecule has 88 valence electrons. The molecule has 0 amide bonds. The molecule has 2 N–H and O–H groups in total. The van der Waals surface area contributed by atoms with E-state index < -0.39 is 11.6 Å². The molecule has 0 heterocycles. The highest BCUT2D eigenvalue weighted by atomic mass is 16.7. The Balaban J connectivity index is 4.15. The summed E-state index contributed by atoms with van der Waals surface area (Å²) in [5, 5.41) is 17.6. The third-order valence-corrected chi connectivity index (χ3v) is 2.23. The summed E-state index contributed by atoms with van der Waals surface area (Å²) in [6, 6.07) is 0. The zero-order chi connectivity index (χ0) is 11.7. The number of ether oxygens (including phenoxy) is 2. The molecular weight excluding hydrogens is 200 g/mol. The lowest BCUT2D eigenvalue weighted by Crippen LogP contribution is -2.36. The van der Waals surface area contributed by atoms with Gasteiger partial charge in [-0.3, -0.25) is 0 Å². The van der Waals surface area contributed by atoms with Crippen molar-refractivity contribution in [1.29, 1.82) is 0 Å². The van der Waals surface area contributed by atoms with Crippen molar-refractivity contribution in [1.82, 2.24) is 0 Å².